The first-order valence-electron chi connectivity index (χ1n) is 5.37. The lowest BCUT2D eigenvalue weighted by molar-refractivity contribution is 0.0697. The maximum Gasteiger partial charge on any atom is 0.337 e. The minimum absolute atomic E-state index is 0.233. The van der Waals surface area contributed by atoms with Gasteiger partial charge in [-0.05, 0) is 24.6 Å². The number of hydrogen-bond donors (Lipinski definition) is 2. The number of nitrogens with one attached hydrogen (secondary N) is 1. The van der Waals surface area contributed by atoms with Gasteiger partial charge in [0.05, 0.1) is 12.2 Å². The van der Waals surface area contributed by atoms with Gasteiger partial charge < -0.3 is 15.2 Å². The molecule has 2 N–H and O–H groups in total. The van der Waals surface area contributed by atoms with E-state index < -0.39 is 5.97 Å². The second kappa shape index (κ2) is 6.00. The van der Waals surface area contributed by atoms with Crippen molar-refractivity contribution >= 4 is 11.7 Å². The van der Waals surface area contributed by atoms with Gasteiger partial charge in [0.1, 0.15) is 5.75 Å². The number of carboxylic acids is 1. The zero-order chi connectivity index (χ0) is 12.0. The average molecular weight is 223 g/mol. The molecular formula is C12H17NO3. The van der Waals surface area contributed by atoms with E-state index in [-0.39, 0.29) is 5.56 Å². The van der Waals surface area contributed by atoms with Crippen molar-refractivity contribution in [2.75, 3.05) is 19.0 Å². The summed E-state index contributed by atoms with van der Waals surface area (Å²) >= 11 is 0. The summed E-state index contributed by atoms with van der Waals surface area (Å²) in [5.74, 6) is -0.352. The van der Waals surface area contributed by atoms with Crippen molar-refractivity contribution in [2.24, 2.45) is 0 Å². The third kappa shape index (κ3) is 3.15. The second-order valence-electron chi connectivity index (χ2n) is 3.46. The first-order valence-corrected chi connectivity index (χ1v) is 5.37. The largest absolute Gasteiger partial charge is 0.494 e. The number of benzene rings is 1. The number of carboxylic acid groups (broad SMARTS) is 1. The Morgan fingerprint density at radius 3 is 2.81 bits per heavy atom. The van der Waals surface area contributed by atoms with Crippen molar-refractivity contribution in [3.8, 4) is 5.75 Å². The lowest BCUT2D eigenvalue weighted by Crippen LogP contribution is -2.04. The fourth-order valence-corrected chi connectivity index (χ4v) is 1.34. The summed E-state index contributed by atoms with van der Waals surface area (Å²) in [7, 11) is 1.69. The molecule has 16 heavy (non-hydrogen) atoms. The topological polar surface area (TPSA) is 58.6 Å². The molecule has 0 bridgehead atoms. The van der Waals surface area contributed by atoms with Crippen molar-refractivity contribution in [3.05, 3.63) is 23.8 Å². The first kappa shape index (κ1) is 12.4. The van der Waals surface area contributed by atoms with Crippen LogP contribution >= 0.6 is 0 Å². The molecule has 0 spiro atoms. The molecule has 0 saturated carbocycles. The standard InChI is InChI=1S/C12H17NO3/c1-3-4-7-16-9-5-6-11(13-2)10(8-9)12(14)15/h5-6,8,13H,3-4,7H2,1-2H3,(H,14,15). The highest BCUT2D eigenvalue weighted by Gasteiger charge is 2.10. The number of anilines is 1. The van der Waals surface area contributed by atoms with E-state index in [1.54, 1.807) is 25.2 Å². The number of aromatic carboxylic acids is 1. The van der Waals surface area contributed by atoms with E-state index in [1.807, 2.05) is 0 Å². The number of carbonyl (C=O) groups is 1. The van der Waals surface area contributed by atoms with Gasteiger partial charge >= 0.3 is 5.97 Å². The number of rotatable bonds is 6. The van der Waals surface area contributed by atoms with Crippen LogP contribution < -0.4 is 10.1 Å². The minimum atomic E-state index is -0.953. The molecule has 1 aromatic rings. The summed E-state index contributed by atoms with van der Waals surface area (Å²) in [5.41, 5.74) is 0.826. The van der Waals surface area contributed by atoms with Crippen molar-refractivity contribution in [1.82, 2.24) is 0 Å². The first-order chi connectivity index (χ1) is 7.69. The van der Waals surface area contributed by atoms with E-state index in [0.717, 1.165) is 12.8 Å². The third-order valence-electron chi connectivity index (χ3n) is 2.26. The van der Waals surface area contributed by atoms with Gasteiger partial charge in [0.15, 0.2) is 0 Å². The summed E-state index contributed by atoms with van der Waals surface area (Å²) in [4.78, 5) is 11.0. The Bertz CT molecular complexity index is 363. The fraction of sp³-hybridized carbons (Fsp3) is 0.417. The maximum absolute atomic E-state index is 11.0. The molecule has 0 saturated heterocycles. The van der Waals surface area contributed by atoms with Crippen molar-refractivity contribution in [1.29, 1.82) is 0 Å². The monoisotopic (exact) mass is 223 g/mol. The zero-order valence-electron chi connectivity index (χ0n) is 9.62. The highest BCUT2D eigenvalue weighted by molar-refractivity contribution is 5.94. The molecule has 0 fully saturated rings. The molecule has 4 nitrogen and oxygen atoms in total. The predicted molar refractivity (Wildman–Crippen MR) is 63.4 cm³/mol. The van der Waals surface area contributed by atoms with Gasteiger partial charge in [0.25, 0.3) is 0 Å². The molecule has 0 aromatic heterocycles. The van der Waals surface area contributed by atoms with Crippen molar-refractivity contribution in [3.63, 3.8) is 0 Å². The normalized spacial score (nSPS) is 9.88. The van der Waals surface area contributed by atoms with Gasteiger partial charge in [-0.3, -0.25) is 0 Å². The predicted octanol–water partition coefficient (Wildman–Crippen LogP) is 2.61. The Labute approximate surface area is 95.2 Å². The summed E-state index contributed by atoms with van der Waals surface area (Å²) in [6.45, 7) is 2.70. The van der Waals surface area contributed by atoms with Crippen LogP contribution in [-0.4, -0.2) is 24.7 Å². The van der Waals surface area contributed by atoms with Crippen LogP contribution in [-0.2, 0) is 0 Å². The summed E-state index contributed by atoms with van der Waals surface area (Å²) in [6, 6.07) is 5.03. The molecule has 0 radical (unpaired) electrons. The zero-order valence-corrected chi connectivity index (χ0v) is 9.62. The Hall–Kier alpha value is -1.71. The Balaban J connectivity index is 2.81. The van der Waals surface area contributed by atoms with E-state index in [4.69, 9.17) is 9.84 Å². The van der Waals surface area contributed by atoms with Crippen molar-refractivity contribution < 1.29 is 14.6 Å². The van der Waals surface area contributed by atoms with Crippen LogP contribution in [0.2, 0.25) is 0 Å². The van der Waals surface area contributed by atoms with Gasteiger partial charge in [-0.15, -0.1) is 0 Å². The van der Waals surface area contributed by atoms with E-state index >= 15 is 0 Å². The molecule has 0 unspecified atom stereocenters. The molecule has 1 aromatic carbocycles. The van der Waals surface area contributed by atoms with Gasteiger partial charge in [0, 0.05) is 12.7 Å². The molecule has 0 aliphatic carbocycles. The van der Waals surface area contributed by atoms with Crippen LogP contribution in [0.25, 0.3) is 0 Å². The number of unbranched alkanes of at least 4 members (excludes halogenated alkanes) is 1. The minimum Gasteiger partial charge on any atom is -0.494 e. The summed E-state index contributed by atoms with van der Waals surface area (Å²) in [6.07, 6.45) is 2.02. The van der Waals surface area contributed by atoms with Crippen LogP contribution in [0.15, 0.2) is 18.2 Å². The molecule has 4 heteroatoms. The molecule has 0 aliphatic heterocycles. The van der Waals surface area contributed by atoms with E-state index in [0.29, 0.717) is 18.0 Å². The molecule has 0 atom stereocenters. The summed E-state index contributed by atoms with van der Waals surface area (Å²) < 4.78 is 5.45. The molecule has 0 amide bonds. The van der Waals surface area contributed by atoms with E-state index in [2.05, 4.69) is 12.2 Å². The Kier molecular flexibility index (Phi) is 4.64. The van der Waals surface area contributed by atoms with Crippen LogP contribution in [0.5, 0.6) is 5.75 Å². The molecule has 0 heterocycles. The van der Waals surface area contributed by atoms with Crippen LogP contribution in [0, 0.1) is 0 Å². The van der Waals surface area contributed by atoms with Gasteiger partial charge in [-0.2, -0.15) is 0 Å². The Morgan fingerprint density at radius 1 is 1.50 bits per heavy atom. The number of ether oxygens (including phenoxy) is 1. The van der Waals surface area contributed by atoms with Gasteiger partial charge in [-0.1, -0.05) is 13.3 Å². The van der Waals surface area contributed by atoms with Crippen LogP contribution in [0.3, 0.4) is 0 Å². The molecule has 0 aliphatic rings. The van der Waals surface area contributed by atoms with E-state index in [9.17, 15) is 4.79 Å². The Morgan fingerprint density at radius 2 is 2.25 bits per heavy atom. The van der Waals surface area contributed by atoms with Crippen molar-refractivity contribution in [2.45, 2.75) is 19.8 Å². The smallest absolute Gasteiger partial charge is 0.337 e. The number of hydrogen-bond acceptors (Lipinski definition) is 3. The third-order valence-corrected chi connectivity index (χ3v) is 2.26. The van der Waals surface area contributed by atoms with E-state index in [1.165, 1.54) is 0 Å². The highest BCUT2D eigenvalue weighted by Crippen LogP contribution is 2.22. The molecular weight excluding hydrogens is 206 g/mol. The quantitative estimate of drug-likeness (QED) is 0.728. The van der Waals surface area contributed by atoms with Crippen LogP contribution in [0.1, 0.15) is 30.1 Å². The lowest BCUT2D eigenvalue weighted by Gasteiger charge is -2.09. The molecule has 88 valence electrons. The lowest BCUT2D eigenvalue weighted by atomic mass is 10.1. The van der Waals surface area contributed by atoms with Gasteiger partial charge in [-0.25, -0.2) is 4.79 Å². The maximum atomic E-state index is 11.0. The second-order valence-corrected chi connectivity index (χ2v) is 3.46. The SMILES string of the molecule is CCCCOc1ccc(NC)c(C(=O)O)c1. The summed E-state index contributed by atoms with van der Waals surface area (Å²) in [5, 5.41) is 11.8. The van der Waals surface area contributed by atoms with Gasteiger partial charge in [0.2, 0.25) is 0 Å². The van der Waals surface area contributed by atoms with Crippen LogP contribution in [0.4, 0.5) is 5.69 Å². The highest BCUT2D eigenvalue weighted by atomic mass is 16.5. The fourth-order valence-electron chi connectivity index (χ4n) is 1.34. The average Bonchev–Trinajstić information content (AvgIpc) is 2.29. The molecule has 1 rings (SSSR count).